The van der Waals surface area contributed by atoms with E-state index < -0.39 is 47.5 Å². The first kappa shape index (κ1) is 37.6. The molecule has 0 aliphatic heterocycles. The highest BCUT2D eigenvalue weighted by Crippen LogP contribution is 2.48. The predicted molar refractivity (Wildman–Crippen MR) is 188 cm³/mol. The zero-order valence-corrected chi connectivity index (χ0v) is 29.1. The number of ether oxygens (including phenoxy) is 2. The second-order valence-electron chi connectivity index (χ2n) is 12.8. The molecule has 5 N–H and O–H groups in total. The fraction of sp³-hybridized carbons (Fsp3) is 0.314. The Bertz CT molecular complexity index is 1910. The Hall–Kier alpha value is -5.64. The minimum absolute atomic E-state index is 0.00832. The molecule has 3 amide bonds. The summed E-state index contributed by atoms with van der Waals surface area (Å²) in [4.78, 5) is 50.2. The summed E-state index contributed by atoms with van der Waals surface area (Å²) in [6.45, 7) is 2.28. The molecule has 0 radical (unpaired) electrons. The van der Waals surface area contributed by atoms with E-state index in [1.807, 2.05) is 26.0 Å². The summed E-state index contributed by atoms with van der Waals surface area (Å²) in [6.07, 6.45) is -3.14. The number of nitrogens with one attached hydrogen (secondary N) is 5. The van der Waals surface area contributed by atoms with E-state index in [2.05, 4.69) is 41.5 Å². The van der Waals surface area contributed by atoms with Crippen LogP contribution in [0.4, 0.5) is 36.4 Å². The lowest BCUT2D eigenvalue weighted by atomic mass is 9.93. The van der Waals surface area contributed by atoms with Gasteiger partial charge in [0.25, 0.3) is 5.91 Å². The average molecular weight is 741 g/mol. The van der Waals surface area contributed by atoms with Crippen LogP contribution < -0.4 is 36.1 Å². The first-order valence-electron chi connectivity index (χ1n) is 16.0. The van der Waals surface area contributed by atoms with Crippen LogP contribution in [0.15, 0.2) is 72.8 Å². The highest BCUT2D eigenvalue weighted by Gasteiger charge is 2.45. The van der Waals surface area contributed by atoms with Crippen LogP contribution in [0.1, 0.15) is 42.6 Å². The molecule has 5 rings (SSSR count). The number of anilines is 4. The molecule has 0 atom stereocenters. The van der Waals surface area contributed by atoms with E-state index in [0.717, 1.165) is 18.4 Å². The van der Waals surface area contributed by atoms with Crippen LogP contribution in [0.5, 0.6) is 11.8 Å². The van der Waals surface area contributed by atoms with Gasteiger partial charge in [0.05, 0.1) is 18.3 Å². The Morgan fingerprint density at radius 1 is 0.846 bits per heavy atom. The molecule has 0 spiro atoms. The van der Waals surface area contributed by atoms with Gasteiger partial charge in [-0.3, -0.25) is 14.4 Å². The van der Waals surface area contributed by atoms with E-state index in [1.54, 1.807) is 48.5 Å². The Morgan fingerprint density at radius 3 is 2.15 bits per heavy atom. The van der Waals surface area contributed by atoms with Crippen molar-refractivity contribution in [1.82, 2.24) is 25.6 Å². The van der Waals surface area contributed by atoms with Gasteiger partial charge in [-0.2, -0.15) is 28.1 Å². The standard InChI is InChI=1S/C35H36ClF3N8O5/c1-33(2,19-41-28(49)29(50)43-25-6-4-5-7-26(25)51-3)18-40-27(48)21-8-14-24(15-9-21)42-30-44-31(46-32(45-30)52-20-35(37,38)39)47-34(16-17-34)22-10-12-23(36)13-11-22/h4-15H,16-20H2,1-3H3,(H,40,48)(H,41,49)(H,43,50)(H2,42,44,45,46,47). The molecular weight excluding hydrogens is 705 g/mol. The molecule has 1 fully saturated rings. The highest BCUT2D eigenvalue weighted by molar-refractivity contribution is 6.39. The van der Waals surface area contributed by atoms with Crippen LogP contribution in [0, 0.1) is 5.41 Å². The molecule has 1 aliphatic rings. The number of hydrogen-bond acceptors (Lipinski definition) is 10. The van der Waals surface area contributed by atoms with Crippen molar-refractivity contribution in [3.8, 4) is 11.8 Å². The second kappa shape index (κ2) is 15.7. The number of hydrogen-bond donors (Lipinski definition) is 5. The highest BCUT2D eigenvalue weighted by atomic mass is 35.5. The van der Waals surface area contributed by atoms with Gasteiger partial charge in [0.15, 0.2) is 6.61 Å². The number of halogens is 4. The van der Waals surface area contributed by atoms with Crippen molar-refractivity contribution in [3.05, 3.63) is 88.9 Å². The summed E-state index contributed by atoms with van der Waals surface area (Å²) in [6, 6.07) is 19.6. The van der Waals surface area contributed by atoms with Gasteiger partial charge in [0.2, 0.25) is 11.9 Å². The zero-order chi connectivity index (χ0) is 37.5. The van der Waals surface area contributed by atoms with E-state index >= 15 is 0 Å². The maximum Gasteiger partial charge on any atom is 0.422 e. The number of para-hydroxylation sites is 2. The Kier molecular flexibility index (Phi) is 11.4. The Balaban J connectivity index is 1.17. The summed E-state index contributed by atoms with van der Waals surface area (Å²) >= 11 is 6.03. The van der Waals surface area contributed by atoms with Crippen molar-refractivity contribution in [1.29, 1.82) is 0 Å². The number of benzene rings is 3. The van der Waals surface area contributed by atoms with E-state index in [-0.39, 0.29) is 25.0 Å². The summed E-state index contributed by atoms with van der Waals surface area (Å²) < 4.78 is 48.8. The molecule has 3 aromatic carbocycles. The molecule has 13 nitrogen and oxygen atoms in total. The van der Waals surface area contributed by atoms with Crippen LogP contribution in [0.2, 0.25) is 5.02 Å². The average Bonchev–Trinajstić information content (AvgIpc) is 3.89. The minimum atomic E-state index is -4.61. The van der Waals surface area contributed by atoms with Crippen LogP contribution in [0.25, 0.3) is 0 Å². The van der Waals surface area contributed by atoms with Gasteiger partial charge in [0.1, 0.15) is 5.75 Å². The van der Waals surface area contributed by atoms with Gasteiger partial charge in [-0.25, -0.2) is 0 Å². The molecule has 17 heteroatoms. The normalized spacial score (nSPS) is 13.4. The van der Waals surface area contributed by atoms with Crippen molar-refractivity contribution in [2.75, 3.05) is 42.8 Å². The Labute approximate surface area is 302 Å². The molecule has 0 saturated heterocycles. The third kappa shape index (κ3) is 10.4. The lowest BCUT2D eigenvalue weighted by Gasteiger charge is -2.25. The monoisotopic (exact) mass is 740 g/mol. The molecule has 1 aromatic heterocycles. The molecule has 1 aliphatic carbocycles. The summed E-state index contributed by atoms with van der Waals surface area (Å²) in [7, 11) is 1.45. The van der Waals surface area contributed by atoms with Crippen LogP contribution >= 0.6 is 11.6 Å². The lowest BCUT2D eigenvalue weighted by Crippen LogP contribution is -2.45. The topological polar surface area (TPSA) is 168 Å². The maximum atomic E-state index is 12.9. The molecule has 4 aromatic rings. The smallest absolute Gasteiger partial charge is 0.422 e. The molecule has 0 bridgehead atoms. The van der Waals surface area contributed by atoms with Gasteiger partial charge in [-0.15, -0.1) is 0 Å². The number of nitrogens with zero attached hydrogens (tertiary/aromatic N) is 3. The summed E-state index contributed by atoms with van der Waals surface area (Å²) in [5.74, 6) is -1.78. The molecule has 0 unspecified atom stereocenters. The second-order valence-corrected chi connectivity index (χ2v) is 13.2. The first-order chi connectivity index (χ1) is 24.6. The van der Waals surface area contributed by atoms with Gasteiger partial charge in [-0.05, 0) is 72.4 Å². The quantitative estimate of drug-likeness (QED) is 0.0993. The maximum absolute atomic E-state index is 12.9. The van der Waals surface area contributed by atoms with E-state index in [9.17, 15) is 27.6 Å². The zero-order valence-electron chi connectivity index (χ0n) is 28.4. The van der Waals surface area contributed by atoms with Gasteiger partial charge in [-0.1, -0.05) is 49.7 Å². The lowest BCUT2D eigenvalue weighted by molar-refractivity contribution is -0.154. The van der Waals surface area contributed by atoms with Crippen molar-refractivity contribution in [2.45, 2.75) is 38.4 Å². The number of carbonyl (C=O) groups excluding carboxylic acids is 3. The van der Waals surface area contributed by atoms with Gasteiger partial charge < -0.3 is 36.1 Å². The third-order valence-electron chi connectivity index (χ3n) is 7.90. The molecule has 52 heavy (non-hydrogen) atoms. The van der Waals surface area contributed by atoms with Crippen molar-refractivity contribution in [3.63, 3.8) is 0 Å². The number of amides is 3. The van der Waals surface area contributed by atoms with Crippen molar-refractivity contribution in [2.24, 2.45) is 5.41 Å². The van der Waals surface area contributed by atoms with E-state index in [0.29, 0.717) is 27.7 Å². The van der Waals surface area contributed by atoms with E-state index in [4.69, 9.17) is 21.1 Å². The summed E-state index contributed by atoms with van der Waals surface area (Å²) in [5, 5.41) is 14.6. The molecular formula is C35H36ClF3N8O5. The third-order valence-corrected chi connectivity index (χ3v) is 8.15. The fourth-order valence-corrected chi connectivity index (χ4v) is 5.04. The Morgan fingerprint density at radius 2 is 1.50 bits per heavy atom. The van der Waals surface area contributed by atoms with Gasteiger partial charge >= 0.3 is 24.0 Å². The molecule has 274 valence electrons. The number of alkyl halides is 3. The largest absolute Gasteiger partial charge is 0.495 e. The minimum Gasteiger partial charge on any atom is -0.495 e. The van der Waals surface area contributed by atoms with Crippen LogP contribution in [-0.4, -0.2) is 65.7 Å². The first-order valence-corrected chi connectivity index (χ1v) is 16.4. The number of rotatable bonds is 14. The van der Waals surface area contributed by atoms with Gasteiger partial charge in [0, 0.05) is 29.4 Å². The summed E-state index contributed by atoms with van der Waals surface area (Å²) in [5.41, 5.74) is 0.867. The molecule has 1 heterocycles. The number of carbonyl (C=O) groups is 3. The predicted octanol–water partition coefficient (Wildman–Crippen LogP) is 5.83. The van der Waals surface area contributed by atoms with Crippen molar-refractivity contribution >= 4 is 52.6 Å². The van der Waals surface area contributed by atoms with Crippen LogP contribution in [0.3, 0.4) is 0 Å². The molecule has 1 saturated carbocycles. The fourth-order valence-electron chi connectivity index (χ4n) is 4.92. The number of aromatic nitrogens is 3. The van der Waals surface area contributed by atoms with Crippen LogP contribution in [-0.2, 0) is 15.1 Å². The van der Waals surface area contributed by atoms with E-state index in [1.165, 1.54) is 19.2 Å². The number of methoxy groups -OCH3 is 1. The van der Waals surface area contributed by atoms with Crippen molar-refractivity contribution < 1.29 is 37.0 Å². The SMILES string of the molecule is COc1ccccc1NC(=O)C(=O)NCC(C)(C)CNC(=O)c1ccc(Nc2nc(NC3(c4ccc(Cl)cc4)CC3)nc(OCC(F)(F)F)n2)cc1.